The van der Waals surface area contributed by atoms with E-state index in [2.05, 4.69) is 0 Å². The predicted octanol–water partition coefficient (Wildman–Crippen LogP) is 2.31. The molecule has 2 atom stereocenters. The number of hydrogen-bond donors (Lipinski definition) is 1. The maximum atomic E-state index is 12.5. The van der Waals surface area contributed by atoms with Gasteiger partial charge in [0.15, 0.2) is 0 Å². The lowest BCUT2D eigenvalue weighted by Gasteiger charge is -2.37. The Bertz CT molecular complexity index is 499. The zero-order valence-corrected chi connectivity index (χ0v) is 13.1. The maximum absolute atomic E-state index is 12.5. The Morgan fingerprint density at radius 1 is 1.48 bits per heavy atom. The van der Waals surface area contributed by atoms with Gasteiger partial charge in [-0.3, -0.25) is 4.79 Å². The van der Waals surface area contributed by atoms with E-state index in [9.17, 15) is 9.90 Å². The van der Waals surface area contributed by atoms with Crippen molar-refractivity contribution in [2.24, 2.45) is 0 Å². The first-order valence-electron chi connectivity index (χ1n) is 7.64. The van der Waals surface area contributed by atoms with E-state index in [0.717, 1.165) is 42.7 Å². The molecule has 21 heavy (non-hydrogen) atoms. The molecule has 1 N–H and O–H groups in total. The molecule has 1 aromatic carbocycles. The van der Waals surface area contributed by atoms with Crippen LogP contribution in [-0.4, -0.2) is 41.7 Å². The lowest BCUT2D eigenvalue weighted by molar-refractivity contribution is -0.136. The summed E-state index contributed by atoms with van der Waals surface area (Å²) in [6.45, 7) is 4.50. The third-order valence-corrected chi connectivity index (χ3v) is 4.25. The summed E-state index contributed by atoms with van der Waals surface area (Å²) in [5, 5.41) is 9.87. The van der Waals surface area contributed by atoms with Crippen molar-refractivity contribution >= 4 is 5.91 Å². The second-order valence-electron chi connectivity index (χ2n) is 5.87. The topological polar surface area (TPSA) is 49.8 Å². The highest BCUT2D eigenvalue weighted by Gasteiger charge is 2.29. The van der Waals surface area contributed by atoms with Crippen LogP contribution in [0.25, 0.3) is 0 Å². The van der Waals surface area contributed by atoms with E-state index in [-0.39, 0.29) is 11.9 Å². The number of amides is 1. The molecule has 0 aliphatic carbocycles. The fourth-order valence-electron chi connectivity index (χ4n) is 3.02. The quantitative estimate of drug-likeness (QED) is 0.926. The van der Waals surface area contributed by atoms with Gasteiger partial charge in [0.05, 0.1) is 25.7 Å². The number of nitrogens with zero attached hydrogens (tertiary/aromatic N) is 1. The monoisotopic (exact) mass is 291 g/mol. The van der Waals surface area contributed by atoms with E-state index in [1.165, 1.54) is 0 Å². The van der Waals surface area contributed by atoms with E-state index in [1.807, 2.05) is 30.0 Å². The molecule has 116 valence electrons. The molecular formula is C17H25NO3. The molecule has 0 radical (unpaired) electrons. The SMILES string of the molecule is COc1cc(CC(=O)N2CCCC[C@H]2[C@H](C)O)ccc1C. The Morgan fingerprint density at radius 3 is 2.90 bits per heavy atom. The molecule has 4 nitrogen and oxygen atoms in total. The third kappa shape index (κ3) is 3.76. The summed E-state index contributed by atoms with van der Waals surface area (Å²) >= 11 is 0. The molecule has 0 aromatic heterocycles. The van der Waals surface area contributed by atoms with E-state index < -0.39 is 6.10 Å². The smallest absolute Gasteiger partial charge is 0.227 e. The summed E-state index contributed by atoms with van der Waals surface area (Å²) in [6, 6.07) is 5.83. The summed E-state index contributed by atoms with van der Waals surface area (Å²) in [5.74, 6) is 0.900. The van der Waals surface area contributed by atoms with Gasteiger partial charge < -0.3 is 14.7 Å². The number of methoxy groups -OCH3 is 1. The largest absolute Gasteiger partial charge is 0.496 e. The van der Waals surface area contributed by atoms with Crippen LogP contribution >= 0.6 is 0 Å². The minimum absolute atomic E-state index is 0.0430. The molecular weight excluding hydrogens is 266 g/mol. The number of carbonyl (C=O) groups is 1. The van der Waals surface area contributed by atoms with Gasteiger partial charge in [-0.05, 0) is 50.3 Å². The van der Waals surface area contributed by atoms with Gasteiger partial charge in [0, 0.05) is 6.54 Å². The van der Waals surface area contributed by atoms with Gasteiger partial charge in [-0.15, -0.1) is 0 Å². The summed E-state index contributed by atoms with van der Waals surface area (Å²) in [4.78, 5) is 14.4. The van der Waals surface area contributed by atoms with Crippen LogP contribution < -0.4 is 4.74 Å². The van der Waals surface area contributed by atoms with Crippen LogP contribution in [-0.2, 0) is 11.2 Å². The van der Waals surface area contributed by atoms with Gasteiger partial charge in [-0.25, -0.2) is 0 Å². The average Bonchev–Trinajstić information content (AvgIpc) is 2.49. The summed E-state index contributed by atoms with van der Waals surface area (Å²) in [7, 11) is 1.64. The molecule has 0 unspecified atom stereocenters. The molecule has 1 aliphatic rings. The van der Waals surface area contributed by atoms with Crippen molar-refractivity contribution in [3.8, 4) is 5.75 Å². The fraction of sp³-hybridized carbons (Fsp3) is 0.588. The summed E-state index contributed by atoms with van der Waals surface area (Å²) < 4.78 is 5.31. The lowest BCUT2D eigenvalue weighted by Crippen LogP contribution is -2.49. The van der Waals surface area contributed by atoms with Crippen molar-refractivity contribution in [2.75, 3.05) is 13.7 Å². The van der Waals surface area contributed by atoms with E-state index >= 15 is 0 Å². The third-order valence-electron chi connectivity index (χ3n) is 4.25. The van der Waals surface area contributed by atoms with E-state index in [4.69, 9.17) is 4.74 Å². The van der Waals surface area contributed by atoms with Gasteiger partial charge in [-0.2, -0.15) is 0 Å². The van der Waals surface area contributed by atoms with Gasteiger partial charge in [0.1, 0.15) is 5.75 Å². The van der Waals surface area contributed by atoms with Crippen LogP contribution in [0.5, 0.6) is 5.75 Å². The number of hydrogen-bond acceptors (Lipinski definition) is 3. The van der Waals surface area contributed by atoms with E-state index in [0.29, 0.717) is 6.42 Å². The van der Waals surface area contributed by atoms with Crippen molar-refractivity contribution in [1.29, 1.82) is 0 Å². The molecule has 1 heterocycles. The van der Waals surface area contributed by atoms with Crippen LogP contribution in [0, 0.1) is 6.92 Å². The number of benzene rings is 1. The van der Waals surface area contributed by atoms with Crippen molar-refractivity contribution in [3.63, 3.8) is 0 Å². The standard InChI is InChI=1S/C17H25NO3/c1-12-7-8-14(10-16(12)21-3)11-17(20)18-9-5-4-6-15(18)13(2)19/h7-8,10,13,15,19H,4-6,9,11H2,1-3H3/t13-,15-/m0/s1. The second-order valence-corrected chi connectivity index (χ2v) is 5.87. The Balaban J connectivity index is 2.09. The first kappa shape index (κ1) is 15.8. The molecule has 1 aliphatic heterocycles. The fourth-order valence-corrected chi connectivity index (χ4v) is 3.02. The zero-order valence-electron chi connectivity index (χ0n) is 13.1. The molecule has 1 fully saturated rings. The van der Waals surface area contributed by atoms with Gasteiger partial charge in [-0.1, -0.05) is 12.1 Å². The summed E-state index contributed by atoms with van der Waals surface area (Å²) in [6.07, 6.45) is 2.88. The van der Waals surface area contributed by atoms with Crippen molar-refractivity contribution in [1.82, 2.24) is 4.90 Å². The number of carbonyl (C=O) groups excluding carboxylic acids is 1. The molecule has 2 rings (SSSR count). The summed E-state index contributed by atoms with van der Waals surface area (Å²) in [5.41, 5.74) is 2.02. The number of aryl methyl sites for hydroxylation is 1. The number of likely N-dealkylation sites (tertiary alicyclic amines) is 1. The highest BCUT2D eigenvalue weighted by atomic mass is 16.5. The van der Waals surface area contributed by atoms with Crippen LogP contribution in [0.2, 0.25) is 0 Å². The second kappa shape index (κ2) is 6.94. The minimum atomic E-state index is -0.471. The maximum Gasteiger partial charge on any atom is 0.227 e. The van der Waals surface area contributed by atoms with Crippen molar-refractivity contribution in [2.45, 2.75) is 51.7 Å². The molecule has 1 aromatic rings. The highest BCUT2D eigenvalue weighted by Crippen LogP contribution is 2.23. The molecule has 0 spiro atoms. The van der Waals surface area contributed by atoms with Crippen molar-refractivity contribution in [3.05, 3.63) is 29.3 Å². The number of piperidine rings is 1. The Morgan fingerprint density at radius 2 is 2.24 bits per heavy atom. The highest BCUT2D eigenvalue weighted by molar-refractivity contribution is 5.79. The zero-order chi connectivity index (χ0) is 15.4. The minimum Gasteiger partial charge on any atom is -0.496 e. The number of aliphatic hydroxyl groups excluding tert-OH is 1. The first-order valence-corrected chi connectivity index (χ1v) is 7.64. The number of rotatable bonds is 4. The Labute approximate surface area is 126 Å². The van der Waals surface area contributed by atoms with Crippen LogP contribution in [0.4, 0.5) is 0 Å². The van der Waals surface area contributed by atoms with Crippen molar-refractivity contribution < 1.29 is 14.6 Å². The lowest BCUT2D eigenvalue weighted by atomic mass is 9.97. The van der Waals surface area contributed by atoms with Gasteiger partial charge in [0.2, 0.25) is 5.91 Å². The van der Waals surface area contributed by atoms with Crippen LogP contribution in [0.15, 0.2) is 18.2 Å². The molecule has 1 saturated heterocycles. The first-order chi connectivity index (χ1) is 10.0. The average molecular weight is 291 g/mol. The molecule has 1 amide bonds. The Kier molecular flexibility index (Phi) is 5.23. The van der Waals surface area contributed by atoms with Crippen LogP contribution in [0.3, 0.4) is 0 Å². The normalized spacial score (nSPS) is 20.2. The molecule has 0 bridgehead atoms. The molecule has 0 saturated carbocycles. The Hall–Kier alpha value is -1.55. The number of ether oxygens (including phenoxy) is 1. The molecule has 4 heteroatoms. The van der Waals surface area contributed by atoms with E-state index in [1.54, 1.807) is 14.0 Å². The van der Waals surface area contributed by atoms with Crippen LogP contribution in [0.1, 0.15) is 37.3 Å². The van der Waals surface area contributed by atoms with Gasteiger partial charge >= 0.3 is 0 Å². The predicted molar refractivity (Wildman–Crippen MR) is 82.5 cm³/mol. The number of aliphatic hydroxyl groups is 1. The van der Waals surface area contributed by atoms with Gasteiger partial charge in [0.25, 0.3) is 0 Å².